The molecule has 2 aromatic rings. The molecule has 1 fully saturated rings. The van der Waals surface area contributed by atoms with Crippen molar-refractivity contribution in [2.75, 3.05) is 36.4 Å². The van der Waals surface area contributed by atoms with Crippen molar-refractivity contribution in [3.05, 3.63) is 53.9 Å². The molecule has 0 saturated carbocycles. The van der Waals surface area contributed by atoms with E-state index >= 15 is 0 Å². The highest BCUT2D eigenvalue weighted by Crippen LogP contribution is 2.29. The number of hydrogen-bond acceptors (Lipinski definition) is 8. The van der Waals surface area contributed by atoms with Gasteiger partial charge in [0, 0.05) is 38.9 Å². The average molecular weight is 438 g/mol. The highest BCUT2D eigenvalue weighted by molar-refractivity contribution is 8.16. The summed E-state index contributed by atoms with van der Waals surface area (Å²) in [6.07, 6.45) is 3.75. The number of pyridine rings is 1. The van der Waals surface area contributed by atoms with Gasteiger partial charge in [-0.15, -0.1) is 0 Å². The van der Waals surface area contributed by atoms with Gasteiger partial charge in [0.1, 0.15) is 0 Å². The fourth-order valence-electron chi connectivity index (χ4n) is 3.98. The Morgan fingerprint density at radius 3 is 2.81 bits per heavy atom. The first-order chi connectivity index (χ1) is 15.2. The zero-order chi connectivity index (χ0) is 21.2. The molecule has 1 aromatic carbocycles. The van der Waals surface area contributed by atoms with E-state index in [0.717, 1.165) is 43.0 Å². The molecule has 31 heavy (non-hydrogen) atoms. The summed E-state index contributed by atoms with van der Waals surface area (Å²) in [7, 11) is 0. The number of piperazine rings is 1. The first-order valence-electron chi connectivity index (χ1n) is 10.3. The number of nitrogens with one attached hydrogen (secondary N) is 3. The number of hydrazone groups is 1. The summed E-state index contributed by atoms with van der Waals surface area (Å²) in [5.74, 6) is -0.289. The number of anilines is 2. The van der Waals surface area contributed by atoms with Crippen molar-refractivity contribution in [1.82, 2.24) is 20.6 Å². The molecule has 9 nitrogen and oxygen atoms in total. The zero-order valence-electron chi connectivity index (χ0n) is 16.9. The smallest absolute Gasteiger partial charge is 0.282 e. The number of benzene rings is 1. The van der Waals surface area contributed by atoms with Gasteiger partial charge in [-0.05, 0) is 17.2 Å². The van der Waals surface area contributed by atoms with Gasteiger partial charge >= 0.3 is 0 Å². The summed E-state index contributed by atoms with van der Waals surface area (Å²) in [6, 6.07) is 9.85. The molecule has 3 aliphatic heterocycles. The van der Waals surface area contributed by atoms with Crippen LogP contribution in [-0.4, -0.2) is 58.4 Å². The van der Waals surface area contributed by atoms with Crippen molar-refractivity contribution in [1.29, 1.82) is 0 Å². The first-order valence-corrected chi connectivity index (χ1v) is 11.1. The van der Waals surface area contributed by atoms with Crippen LogP contribution in [-0.2, 0) is 22.6 Å². The maximum Gasteiger partial charge on any atom is 0.282 e. The topological polar surface area (TPSA) is 102 Å². The quantitative estimate of drug-likeness (QED) is 0.655. The number of carbonyl (C=O) groups is 2. The van der Waals surface area contributed by atoms with E-state index in [0.29, 0.717) is 23.7 Å². The Kier molecular flexibility index (Phi) is 5.47. The van der Waals surface area contributed by atoms with Gasteiger partial charge < -0.3 is 20.4 Å². The lowest BCUT2D eigenvalue weighted by Crippen LogP contribution is -2.46. The molecule has 2 amide bonds. The molecule has 1 unspecified atom stereocenters. The number of thioether (sulfide) groups is 1. The Balaban J connectivity index is 1.25. The van der Waals surface area contributed by atoms with Crippen molar-refractivity contribution in [3.8, 4) is 0 Å². The van der Waals surface area contributed by atoms with Gasteiger partial charge in [-0.2, -0.15) is 5.10 Å². The first kappa shape index (κ1) is 19.8. The molecular formula is C21H23N7O2S. The van der Waals surface area contributed by atoms with Gasteiger partial charge in [-0.1, -0.05) is 36.0 Å². The Hall–Kier alpha value is -3.11. The molecule has 160 valence electrons. The minimum atomic E-state index is -0.400. The van der Waals surface area contributed by atoms with Gasteiger partial charge in [0.05, 0.1) is 24.0 Å². The monoisotopic (exact) mass is 437 g/mol. The van der Waals surface area contributed by atoms with E-state index in [2.05, 4.69) is 31.0 Å². The summed E-state index contributed by atoms with van der Waals surface area (Å²) in [4.78, 5) is 33.6. The molecule has 1 atom stereocenters. The van der Waals surface area contributed by atoms with E-state index in [-0.39, 0.29) is 11.8 Å². The fraction of sp³-hybridized carbons (Fsp3) is 0.333. The van der Waals surface area contributed by atoms with Gasteiger partial charge in [0.2, 0.25) is 5.91 Å². The maximum atomic E-state index is 12.9. The third-order valence-corrected chi connectivity index (χ3v) is 6.69. The van der Waals surface area contributed by atoms with Crippen molar-refractivity contribution in [3.63, 3.8) is 0 Å². The normalized spacial score (nSPS) is 20.7. The molecule has 3 aliphatic rings. The highest BCUT2D eigenvalue weighted by Gasteiger charge is 2.35. The van der Waals surface area contributed by atoms with E-state index in [1.165, 1.54) is 11.8 Å². The zero-order valence-corrected chi connectivity index (χ0v) is 17.7. The lowest BCUT2D eigenvalue weighted by atomic mass is 10.00. The number of hydrogen-bond donors (Lipinski definition) is 3. The van der Waals surface area contributed by atoms with Crippen LogP contribution in [0.25, 0.3) is 0 Å². The minimum Gasteiger partial charge on any atom is -0.367 e. The Morgan fingerprint density at radius 1 is 1.16 bits per heavy atom. The lowest BCUT2D eigenvalue weighted by Gasteiger charge is -2.32. The largest absolute Gasteiger partial charge is 0.367 e. The van der Waals surface area contributed by atoms with E-state index in [4.69, 9.17) is 0 Å². The van der Waals surface area contributed by atoms with Crippen molar-refractivity contribution < 1.29 is 9.59 Å². The SMILES string of the molecule is O=C(Nc1cnccc1N1CCNCC1)C1=NNC(N2Cc3ccccc3CC2=O)S1. The van der Waals surface area contributed by atoms with Crippen LogP contribution >= 0.6 is 11.8 Å². The van der Waals surface area contributed by atoms with Gasteiger partial charge in [-0.25, -0.2) is 0 Å². The second kappa shape index (κ2) is 8.56. The number of rotatable bonds is 4. The lowest BCUT2D eigenvalue weighted by molar-refractivity contribution is -0.133. The number of carbonyl (C=O) groups excluding carboxylic acids is 2. The molecule has 3 N–H and O–H groups in total. The van der Waals surface area contributed by atoms with Crippen LogP contribution in [0, 0.1) is 0 Å². The van der Waals surface area contributed by atoms with E-state index < -0.39 is 5.50 Å². The molecule has 4 heterocycles. The summed E-state index contributed by atoms with van der Waals surface area (Å²) < 4.78 is 0. The number of nitrogens with zero attached hydrogens (tertiary/aromatic N) is 4. The van der Waals surface area contributed by atoms with Crippen molar-refractivity contribution in [2.45, 2.75) is 18.5 Å². The molecule has 0 radical (unpaired) electrons. The Labute approximate surface area is 184 Å². The Bertz CT molecular complexity index is 1040. The second-order valence-electron chi connectivity index (χ2n) is 7.57. The van der Waals surface area contributed by atoms with E-state index in [1.54, 1.807) is 17.3 Å². The fourth-order valence-corrected chi connectivity index (χ4v) is 4.88. The van der Waals surface area contributed by atoms with Crippen molar-refractivity contribution >= 4 is 40.0 Å². The van der Waals surface area contributed by atoms with Crippen LogP contribution in [0.3, 0.4) is 0 Å². The summed E-state index contributed by atoms with van der Waals surface area (Å²) in [5, 5.41) is 10.8. The predicted octanol–water partition coefficient (Wildman–Crippen LogP) is 0.948. The number of amides is 2. The molecule has 10 heteroatoms. The van der Waals surface area contributed by atoms with Gasteiger partial charge in [0.15, 0.2) is 10.5 Å². The molecule has 0 bridgehead atoms. The number of aromatic nitrogens is 1. The number of fused-ring (bicyclic) bond motifs is 1. The molecule has 1 saturated heterocycles. The van der Waals surface area contributed by atoms with Crippen LogP contribution in [0.1, 0.15) is 11.1 Å². The van der Waals surface area contributed by atoms with E-state index in [1.807, 2.05) is 30.3 Å². The van der Waals surface area contributed by atoms with Crippen LogP contribution in [0.4, 0.5) is 11.4 Å². The van der Waals surface area contributed by atoms with Crippen LogP contribution in [0.2, 0.25) is 0 Å². The van der Waals surface area contributed by atoms with E-state index in [9.17, 15) is 9.59 Å². The Morgan fingerprint density at radius 2 is 1.97 bits per heavy atom. The molecule has 0 aliphatic carbocycles. The average Bonchev–Trinajstić information content (AvgIpc) is 3.30. The summed E-state index contributed by atoms with van der Waals surface area (Å²) >= 11 is 1.25. The summed E-state index contributed by atoms with van der Waals surface area (Å²) in [5.41, 5.74) is 6.33. The van der Waals surface area contributed by atoms with Crippen LogP contribution in [0.5, 0.6) is 0 Å². The molecule has 1 aromatic heterocycles. The van der Waals surface area contributed by atoms with Gasteiger partial charge in [0.25, 0.3) is 5.91 Å². The molecule has 5 rings (SSSR count). The third kappa shape index (κ3) is 4.08. The highest BCUT2D eigenvalue weighted by atomic mass is 32.2. The van der Waals surface area contributed by atoms with Crippen LogP contribution < -0.4 is 21.0 Å². The standard InChI is InChI=1S/C21H23N7O2S/c29-18-11-14-3-1-2-4-15(14)13-28(18)21-26-25-20(31-21)19(30)24-16-12-23-6-5-17(16)27-9-7-22-8-10-27/h1-6,12,21-22,26H,7-11,13H2,(H,24,30). The maximum absolute atomic E-state index is 12.9. The predicted molar refractivity (Wildman–Crippen MR) is 121 cm³/mol. The second-order valence-corrected chi connectivity index (χ2v) is 8.64. The minimum absolute atomic E-state index is 0.0220. The molecular weight excluding hydrogens is 414 g/mol. The van der Waals surface area contributed by atoms with Crippen molar-refractivity contribution in [2.24, 2.45) is 5.10 Å². The molecule has 0 spiro atoms. The summed E-state index contributed by atoms with van der Waals surface area (Å²) in [6.45, 7) is 4.03. The third-order valence-electron chi connectivity index (χ3n) is 5.60. The van der Waals surface area contributed by atoms with Crippen LogP contribution in [0.15, 0.2) is 47.8 Å². The van der Waals surface area contributed by atoms with Gasteiger partial charge in [-0.3, -0.25) is 20.0 Å².